The first kappa shape index (κ1) is 13.7. The van der Waals surface area contributed by atoms with Gasteiger partial charge in [-0.25, -0.2) is 0 Å². The fraction of sp³-hybridized carbons (Fsp3) is 0.333. The van der Waals surface area contributed by atoms with E-state index in [9.17, 15) is 0 Å². The molecule has 0 radical (unpaired) electrons. The van der Waals surface area contributed by atoms with Crippen molar-refractivity contribution >= 4 is 11.8 Å². The average Bonchev–Trinajstić information content (AvgIpc) is 2.95. The van der Waals surface area contributed by atoms with Gasteiger partial charge >= 0.3 is 0 Å². The summed E-state index contributed by atoms with van der Waals surface area (Å²) in [5, 5.41) is 3.79. The quantitative estimate of drug-likeness (QED) is 0.824. The summed E-state index contributed by atoms with van der Waals surface area (Å²) in [5.41, 5.74) is 4.51. The molecule has 0 bridgehead atoms. The van der Waals surface area contributed by atoms with Gasteiger partial charge in [-0.2, -0.15) is 0 Å². The van der Waals surface area contributed by atoms with Crippen molar-refractivity contribution in [1.82, 2.24) is 5.32 Å². The number of fused-ring (bicyclic) bond motifs is 1. The highest BCUT2D eigenvalue weighted by molar-refractivity contribution is 7.99. The maximum atomic E-state index is 3.32. The number of aryl methyl sites for hydroxylation is 2. The zero-order chi connectivity index (χ0) is 13.8. The normalized spacial score (nSPS) is 15.1. The van der Waals surface area contributed by atoms with E-state index < -0.39 is 0 Å². The Morgan fingerprint density at radius 2 is 1.85 bits per heavy atom. The van der Waals surface area contributed by atoms with Crippen molar-refractivity contribution in [2.45, 2.75) is 29.4 Å². The molecule has 1 atom stereocenters. The number of likely N-dealkylation sites (N-methyl/N-ethyl adjacent to an activating group) is 1. The molecule has 2 heteroatoms. The number of rotatable bonds is 5. The van der Waals surface area contributed by atoms with Crippen LogP contribution in [0.4, 0.5) is 0 Å². The van der Waals surface area contributed by atoms with Gasteiger partial charge in [0, 0.05) is 16.7 Å². The molecule has 20 heavy (non-hydrogen) atoms. The number of hydrogen-bond donors (Lipinski definition) is 1. The van der Waals surface area contributed by atoms with Gasteiger partial charge in [0.05, 0.1) is 0 Å². The minimum Gasteiger partial charge on any atom is -0.318 e. The van der Waals surface area contributed by atoms with Crippen molar-refractivity contribution in [3.05, 3.63) is 65.2 Å². The van der Waals surface area contributed by atoms with Crippen molar-refractivity contribution in [1.29, 1.82) is 0 Å². The van der Waals surface area contributed by atoms with E-state index >= 15 is 0 Å². The third-order valence-electron chi connectivity index (χ3n) is 3.91. The molecule has 1 nitrogen and oxygen atoms in total. The molecule has 1 aliphatic rings. The highest BCUT2D eigenvalue weighted by Crippen LogP contribution is 2.36. The molecule has 0 spiro atoms. The molecule has 0 heterocycles. The summed E-state index contributed by atoms with van der Waals surface area (Å²) in [4.78, 5) is 1.40. The van der Waals surface area contributed by atoms with Crippen molar-refractivity contribution in [3.63, 3.8) is 0 Å². The molecule has 1 N–H and O–H groups in total. The summed E-state index contributed by atoms with van der Waals surface area (Å²) < 4.78 is 0. The lowest BCUT2D eigenvalue weighted by atomic mass is 10.1. The molecule has 2 aromatic rings. The van der Waals surface area contributed by atoms with Gasteiger partial charge in [0.2, 0.25) is 0 Å². The first-order chi connectivity index (χ1) is 9.86. The lowest BCUT2D eigenvalue weighted by Gasteiger charge is -2.17. The van der Waals surface area contributed by atoms with Gasteiger partial charge in [-0.15, -0.1) is 11.8 Å². The van der Waals surface area contributed by atoms with Crippen molar-refractivity contribution < 1.29 is 0 Å². The maximum absolute atomic E-state index is 3.32. The zero-order valence-corrected chi connectivity index (χ0v) is 12.7. The third kappa shape index (κ3) is 3.08. The molecule has 0 fully saturated rings. The minimum absolute atomic E-state index is 0.473. The van der Waals surface area contributed by atoms with E-state index in [0.29, 0.717) is 5.25 Å². The lowest BCUT2D eigenvalue weighted by Crippen LogP contribution is -2.14. The molecule has 0 saturated heterocycles. The van der Waals surface area contributed by atoms with E-state index in [1.54, 1.807) is 11.1 Å². The molecule has 104 valence electrons. The van der Waals surface area contributed by atoms with Gasteiger partial charge in [-0.05, 0) is 55.1 Å². The number of nitrogens with one attached hydrogen (secondary N) is 1. The Morgan fingerprint density at radius 3 is 2.65 bits per heavy atom. The van der Waals surface area contributed by atoms with Crippen LogP contribution >= 0.6 is 11.8 Å². The Kier molecular flexibility index (Phi) is 4.44. The fourth-order valence-electron chi connectivity index (χ4n) is 2.87. The summed E-state index contributed by atoms with van der Waals surface area (Å²) in [5.74, 6) is 0. The molecule has 2 aromatic carbocycles. The molecule has 1 unspecified atom stereocenters. The number of hydrogen-bond acceptors (Lipinski definition) is 2. The molecular formula is C18H21NS. The highest BCUT2D eigenvalue weighted by Gasteiger charge is 2.15. The first-order valence-corrected chi connectivity index (χ1v) is 8.23. The van der Waals surface area contributed by atoms with Gasteiger partial charge in [0.1, 0.15) is 0 Å². The summed E-state index contributed by atoms with van der Waals surface area (Å²) in [6.45, 7) is 0.992. The van der Waals surface area contributed by atoms with Gasteiger partial charge < -0.3 is 5.32 Å². The van der Waals surface area contributed by atoms with Gasteiger partial charge in [0.15, 0.2) is 0 Å². The smallest absolute Gasteiger partial charge is 0.0468 e. The Hall–Kier alpha value is -1.25. The van der Waals surface area contributed by atoms with Crippen LogP contribution in [0.15, 0.2) is 53.4 Å². The van der Waals surface area contributed by atoms with Crippen molar-refractivity contribution in [2.24, 2.45) is 0 Å². The van der Waals surface area contributed by atoms with Crippen LogP contribution in [0.2, 0.25) is 0 Å². The predicted molar refractivity (Wildman–Crippen MR) is 87.4 cm³/mol. The molecule has 0 amide bonds. The first-order valence-electron chi connectivity index (χ1n) is 7.35. The molecule has 1 aliphatic carbocycles. The van der Waals surface area contributed by atoms with Gasteiger partial charge in [0.25, 0.3) is 0 Å². The highest BCUT2D eigenvalue weighted by atomic mass is 32.2. The zero-order valence-electron chi connectivity index (χ0n) is 11.9. The second kappa shape index (κ2) is 6.47. The molecular weight excluding hydrogens is 262 g/mol. The molecule has 0 saturated carbocycles. The standard InChI is InChI=1S/C18H21NS/c1-19-13-18(15-6-3-2-4-7-15)20-17-11-10-14-8-5-9-16(14)12-17/h2-4,6-7,10-12,18-19H,5,8-9,13H2,1H3. The molecule has 0 aliphatic heterocycles. The van der Waals surface area contributed by atoms with Crippen LogP contribution in [0, 0.1) is 0 Å². The Balaban J connectivity index is 1.80. The molecule has 3 rings (SSSR count). The van der Waals surface area contributed by atoms with E-state index in [0.717, 1.165) is 6.54 Å². The molecule has 0 aromatic heterocycles. The Bertz CT molecular complexity index is 565. The monoisotopic (exact) mass is 283 g/mol. The van der Waals surface area contributed by atoms with Crippen LogP contribution < -0.4 is 5.32 Å². The van der Waals surface area contributed by atoms with Crippen molar-refractivity contribution in [2.75, 3.05) is 13.6 Å². The number of thioether (sulfide) groups is 1. The summed E-state index contributed by atoms with van der Waals surface area (Å²) in [7, 11) is 2.03. The fourth-order valence-corrected chi connectivity index (χ4v) is 4.10. The van der Waals surface area contributed by atoms with E-state index in [-0.39, 0.29) is 0 Å². The van der Waals surface area contributed by atoms with E-state index in [4.69, 9.17) is 0 Å². The Labute approximate surface area is 125 Å². The van der Waals surface area contributed by atoms with Crippen LogP contribution in [0.1, 0.15) is 28.4 Å². The third-order valence-corrected chi connectivity index (χ3v) is 5.16. The second-order valence-corrected chi connectivity index (χ2v) is 6.64. The predicted octanol–water partition coefficient (Wildman–Crippen LogP) is 4.23. The SMILES string of the molecule is CNCC(Sc1ccc2c(c1)CCC2)c1ccccc1. The van der Waals surface area contributed by atoms with E-state index in [1.807, 2.05) is 18.8 Å². The lowest BCUT2D eigenvalue weighted by molar-refractivity contribution is 0.778. The summed E-state index contributed by atoms with van der Waals surface area (Å²) >= 11 is 1.97. The maximum Gasteiger partial charge on any atom is 0.0468 e. The topological polar surface area (TPSA) is 12.0 Å². The van der Waals surface area contributed by atoms with Crippen LogP contribution in [-0.4, -0.2) is 13.6 Å². The van der Waals surface area contributed by atoms with Crippen molar-refractivity contribution in [3.8, 4) is 0 Å². The van der Waals surface area contributed by atoms with E-state index in [1.165, 1.54) is 29.7 Å². The summed E-state index contributed by atoms with van der Waals surface area (Å²) in [6.07, 6.45) is 3.84. The second-order valence-electron chi connectivity index (χ2n) is 5.36. The Morgan fingerprint density at radius 1 is 1.05 bits per heavy atom. The average molecular weight is 283 g/mol. The van der Waals surface area contributed by atoms with Crippen LogP contribution in [-0.2, 0) is 12.8 Å². The largest absolute Gasteiger partial charge is 0.318 e. The van der Waals surface area contributed by atoms with Crippen LogP contribution in [0.3, 0.4) is 0 Å². The van der Waals surface area contributed by atoms with Crippen LogP contribution in [0.25, 0.3) is 0 Å². The van der Waals surface area contributed by atoms with Gasteiger partial charge in [-0.3, -0.25) is 0 Å². The minimum atomic E-state index is 0.473. The number of benzene rings is 2. The van der Waals surface area contributed by atoms with Gasteiger partial charge in [-0.1, -0.05) is 36.4 Å². The van der Waals surface area contributed by atoms with E-state index in [2.05, 4.69) is 53.8 Å². The van der Waals surface area contributed by atoms with Crippen LogP contribution in [0.5, 0.6) is 0 Å². The summed E-state index contributed by atoms with van der Waals surface area (Å²) in [6, 6.07) is 17.8.